The molecule has 26 heavy (non-hydrogen) atoms. The lowest BCUT2D eigenvalue weighted by Gasteiger charge is -2.03. The first-order valence-corrected chi connectivity index (χ1v) is 10.7. The summed E-state index contributed by atoms with van der Waals surface area (Å²) >= 11 is 0. The molecule has 0 aromatic carbocycles. The minimum Gasteiger partial charge on any atom is -0.463 e. The van der Waals surface area contributed by atoms with E-state index in [1.807, 2.05) is 0 Å². The monoisotopic (exact) mass is 372 g/mol. The molecule has 0 aliphatic carbocycles. The zero-order chi connectivity index (χ0) is 19.9. The van der Waals surface area contributed by atoms with Crippen LogP contribution >= 0.6 is 0 Å². The first kappa shape index (κ1) is 27.3. The Bertz CT molecular complexity index is 290. The van der Waals surface area contributed by atoms with Crippen molar-refractivity contribution in [2.75, 3.05) is 6.61 Å². The van der Waals surface area contributed by atoms with Crippen LogP contribution in [0.1, 0.15) is 110 Å². The lowest BCUT2D eigenvalue weighted by atomic mass is 10.1. The van der Waals surface area contributed by atoms with Crippen molar-refractivity contribution in [2.45, 2.75) is 116 Å². The molecular weight excluding hydrogens is 328 g/mol. The van der Waals surface area contributed by atoms with Gasteiger partial charge < -0.3 is 14.9 Å². The number of aliphatic hydroxyl groups is 2. The number of hydrogen-bond acceptors (Lipinski definition) is 4. The first-order valence-electron chi connectivity index (χ1n) is 10.7. The van der Waals surface area contributed by atoms with Crippen LogP contribution in [0.15, 0.2) is 12.7 Å². The fraction of sp³-hybridized carbons (Fsp3) is 0.864. The van der Waals surface area contributed by atoms with E-state index in [2.05, 4.69) is 20.4 Å². The third-order valence-electron chi connectivity index (χ3n) is 4.22. The number of esters is 1. The minimum atomic E-state index is -1.10. The number of carbonyl (C=O) groups is 1. The molecule has 4 nitrogen and oxygen atoms in total. The Labute approximate surface area is 162 Å². The topological polar surface area (TPSA) is 66.8 Å². The van der Waals surface area contributed by atoms with Crippen LogP contribution in [0.2, 0.25) is 0 Å². The van der Waals surface area contributed by atoms with Gasteiger partial charge >= 0.3 is 5.97 Å². The van der Waals surface area contributed by atoms with Gasteiger partial charge in [0.1, 0.15) is 0 Å². The molecule has 0 heterocycles. The molecule has 0 bridgehead atoms. The molecule has 0 aliphatic heterocycles. The number of hydrogen-bond donors (Lipinski definition) is 2. The lowest BCUT2D eigenvalue weighted by molar-refractivity contribution is -0.137. The number of aliphatic hydroxyl groups excluding tert-OH is 1. The summed E-state index contributed by atoms with van der Waals surface area (Å²) in [5.74, 6) is -0.304. The molecule has 0 radical (unpaired) electrons. The van der Waals surface area contributed by atoms with Gasteiger partial charge in [0.15, 0.2) is 6.29 Å². The van der Waals surface area contributed by atoms with Gasteiger partial charge in [-0.2, -0.15) is 0 Å². The van der Waals surface area contributed by atoms with Crippen LogP contribution in [-0.4, -0.2) is 29.1 Å². The van der Waals surface area contributed by atoms with Crippen molar-refractivity contribution in [3.05, 3.63) is 12.7 Å². The summed E-state index contributed by atoms with van der Waals surface area (Å²) in [5.41, 5.74) is 0. The molecule has 0 atom stereocenters. The fourth-order valence-corrected chi connectivity index (χ4v) is 2.57. The molecule has 2 N–H and O–H groups in total. The summed E-state index contributed by atoms with van der Waals surface area (Å²) in [5, 5.41) is 16.7. The van der Waals surface area contributed by atoms with Crippen molar-refractivity contribution < 1.29 is 19.7 Å². The SMILES string of the molecule is C=CC(=O)OCCCCCCCCCCCCC.CCCCCC(O)O. The van der Waals surface area contributed by atoms with Crippen LogP contribution in [0.5, 0.6) is 0 Å². The van der Waals surface area contributed by atoms with Crippen molar-refractivity contribution in [2.24, 2.45) is 0 Å². The lowest BCUT2D eigenvalue weighted by Crippen LogP contribution is -2.02. The fourth-order valence-electron chi connectivity index (χ4n) is 2.57. The van der Waals surface area contributed by atoms with E-state index in [-0.39, 0.29) is 5.97 Å². The molecule has 0 saturated carbocycles. The molecule has 0 aromatic rings. The molecule has 0 unspecified atom stereocenters. The second-order valence-electron chi connectivity index (χ2n) is 6.88. The van der Waals surface area contributed by atoms with E-state index < -0.39 is 6.29 Å². The smallest absolute Gasteiger partial charge is 0.330 e. The van der Waals surface area contributed by atoms with Gasteiger partial charge in [-0.05, 0) is 19.3 Å². The molecule has 0 rings (SSSR count). The highest BCUT2D eigenvalue weighted by molar-refractivity contribution is 5.81. The number of carbonyl (C=O) groups excluding carboxylic acids is 1. The van der Waals surface area contributed by atoms with Crippen LogP contribution < -0.4 is 0 Å². The highest BCUT2D eigenvalue weighted by atomic mass is 16.5. The molecule has 4 heteroatoms. The van der Waals surface area contributed by atoms with E-state index in [0.717, 1.165) is 25.7 Å². The first-order chi connectivity index (χ1) is 12.6. The van der Waals surface area contributed by atoms with Crippen LogP contribution in [0.3, 0.4) is 0 Å². The average Bonchev–Trinajstić information content (AvgIpc) is 2.63. The molecular formula is C22H44O4. The number of unbranched alkanes of at least 4 members (excludes halogenated alkanes) is 12. The van der Waals surface area contributed by atoms with Crippen molar-refractivity contribution in [3.8, 4) is 0 Å². The standard InChI is InChI=1S/C16H30O2.C6H14O2/c1-3-5-6-7-8-9-10-11-12-13-14-15-18-16(17)4-2;1-2-3-4-5-6(7)8/h4H,2-3,5-15H2,1H3;6-8H,2-5H2,1H3. The maximum absolute atomic E-state index is 10.8. The van der Waals surface area contributed by atoms with E-state index in [1.54, 1.807) is 0 Å². The van der Waals surface area contributed by atoms with E-state index in [0.29, 0.717) is 13.0 Å². The van der Waals surface area contributed by atoms with E-state index in [4.69, 9.17) is 14.9 Å². The van der Waals surface area contributed by atoms with Gasteiger partial charge in [0.2, 0.25) is 0 Å². The quantitative estimate of drug-likeness (QED) is 0.144. The maximum Gasteiger partial charge on any atom is 0.330 e. The summed E-state index contributed by atoms with van der Waals surface area (Å²) in [6.07, 6.45) is 18.2. The van der Waals surface area contributed by atoms with Gasteiger partial charge in [-0.3, -0.25) is 0 Å². The van der Waals surface area contributed by atoms with Gasteiger partial charge in [0.25, 0.3) is 0 Å². The Morgan fingerprint density at radius 2 is 1.23 bits per heavy atom. The normalized spacial score (nSPS) is 10.3. The van der Waals surface area contributed by atoms with Crippen LogP contribution in [0.4, 0.5) is 0 Å². The predicted octanol–water partition coefficient (Wildman–Crippen LogP) is 5.90. The maximum atomic E-state index is 10.8. The molecule has 0 spiro atoms. The second-order valence-corrected chi connectivity index (χ2v) is 6.88. The van der Waals surface area contributed by atoms with Crippen LogP contribution in [0, 0.1) is 0 Å². The Kier molecular flexibility index (Phi) is 25.4. The molecule has 0 saturated heterocycles. The van der Waals surface area contributed by atoms with Crippen molar-refractivity contribution in [1.29, 1.82) is 0 Å². The average molecular weight is 373 g/mol. The van der Waals surface area contributed by atoms with Gasteiger partial charge in [0.05, 0.1) is 6.61 Å². The number of rotatable bonds is 17. The van der Waals surface area contributed by atoms with Gasteiger partial charge in [-0.1, -0.05) is 97.5 Å². The van der Waals surface area contributed by atoms with Crippen molar-refractivity contribution >= 4 is 5.97 Å². The molecule has 0 aliphatic rings. The van der Waals surface area contributed by atoms with E-state index in [1.165, 1.54) is 70.3 Å². The second kappa shape index (κ2) is 24.1. The Hall–Kier alpha value is -0.870. The third kappa shape index (κ3) is 28.0. The van der Waals surface area contributed by atoms with Gasteiger partial charge in [-0.25, -0.2) is 4.79 Å². The molecule has 0 aromatic heterocycles. The summed E-state index contributed by atoms with van der Waals surface area (Å²) in [6, 6.07) is 0. The van der Waals surface area contributed by atoms with Crippen molar-refractivity contribution in [3.63, 3.8) is 0 Å². The van der Waals surface area contributed by atoms with E-state index >= 15 is 0 Å². The summed E-state index contributed by atoms with van der Waals surface area (Å²) in [6.45, 7) is 8.25. The Balaban J connectivity index is 0. The molecule has 0 fully saturated rings. The largest absolute Gasteiger partial charge is 0.463 e. The third-order valence-corrected chi connectivity index (χ3v) is 4.22. The molecule has 156 valence electrons. The van der Waals surface area contributed by atoms with E-state index in [9.17, 15) is 4.79 Å². The summed E-state index contributed by atoms with van der Waals surface area (Å²) < 4.78 is 4.92. The zero-order valence-electron chi connectivity index (χ0n) is 17.4. The minimum absolute atomic E-state index is 0.304. The van der Waals surface area contributed by atoms with Gasteiger partial charge in [0, 0.05) is 6.08 Å². The Morgan fingerprint density at radius 1 is 0.808 bits per heavy atom. The van der Waals surface area contributed by atoms with Gasteiger partial charge in [-0.15, -0.1) is 0 Å². The predicted molar refractivity (Wildman–Crippen MR) is 110 cm³/mol. The molecule has 0 amide bonds. The highest BCUT2D eigenvalue weighted by Gasteiger charge is 1.96. The van der Waals surface area contributed by atoms with Crippen LogP contribution in [0.25, 0.3) is 0 Å². The number of ether oxygens (including phenoxy) is 1. The summed E-state index contributed by atoms with van der Waals surface area (Å²) in [7, 11) is 0. The Morgan fingerprint density at radius 3 is 1.65 bits per heavy atom. The van der Waals surface area contributed by atoms with Crippen LogP contribution in [-0.2, 0) is 9.53 Å². The highest BCUT2D eigenvalue weighted by Crippen LogP contribution is 2.11. The zero-order valence-corrected chi connectivity index (χ0v) is 17.4. The van der Waals surface area contributed by atoms with Crippen molar-refractivity contribution in [1.82, 2.24) is 0 Å². The summed E-state index contributed by atoms with van der Waals surface area (Å²) in [4.78, 5) is 10.8.